The maximum absolute atomic E-state index is 12.6. The van der Waals surface area contributed by atoms with E-state index in [0.717, 1.165) is 18.2 Å². The summed E-state index contributed by atoms with van der Waals surface area (Å²) in [7, 11) is -3.97. The van der Waals surface area contributed by atoms with Crippen LogP contribution in [0.3, 0.4) is 0 Å². The maximum Gasteiger partial charge on any atom is 0.416 e. The lowest BCUT2D eigenvalue weighted by atomic mass is 9.91. The zero-order valence-corrected chi connectivity index (χ0v) is 12.3. The van der Waals surface area contributed by atoms with Gasteiger partial charge in [0, 0.05) is 0 Å². The summed E-state index contributed by atoms with van der Waals surface area (Å²) in [5, 5.41) is 8.92. The highest BCUT2D eigenvalue weighted by atomic mass is 32.2. The first-order valence-corrected chi connectivity index (χ1v) is 7.65. The van der Waals surface area contributed by atoms with E-state index in [1.54, 1.807) is 0 Å². The molecular weight excluding hydrogens is 309 g/mol. The number of carboxylic acid groups (broad SMARTS) is 1. The molecule has 0 atom stereocenters. The van der Waals surface area contributed by atoms with Gasteiger partial charge in [-0.3, -0.25) is 4.79 Å². The quantitative estimate of drug-likeness (QED) is 0.904. The van der Waals surface area contributed by atoms with Gasteiger partial charge in [-0.1, -0.05) is 6.07 Å². The Kier molecular flexibility index (Phi) is 4.72. The van der Waals surface area contributed by atoms with Gasteiger partial charge in [0.1, 0.15) is 0 Å². The number of carbonyl (C=O) groups is 1. The van der Waals surface area contributed by atoms with E-state index in [0.29, 0.717) is 6.07 Å². The van der Waals surface area contributed by atoms with Gasteiger partial charge in [-0.05, 0) is 38.5 Å². The van der Waals surface area contributed by atoms with Crippen molar-refractivity contribution in [2.24, 2.45) is 5.41 Å². The summed E-state index contributed by atoms with van der Waals surface area (Å²) in [6, 6.07) is 3.42. The fourth-order valence-corrected chi connectivity index (χ4v) is 3.09. The molecule has 0 spiro atoms. The number of benzene rings is 1. The summed E-state index contributed by atoms with van der Waals surface area (Å²) < 4.78 is 61.7. The Labute approximate surface area is 120 Å². The summed E-state index contributed by atoms with van der Waals surface area (Å²) in [4.78, 5) is 10.5. The molecule has 1 aromatic carbocycles. The highest BCUT2D eigenvalue weighted by Gasteiger charge is 2.33. The third-order valence-electron chi connectivity index (χ3n) is 3.10. The van der Waals surface area contributed by atoms with Crippen LogP contribution in [0.2, 0.25) is 0 Å². The number of alkyl halides is 3. The molecule has 8 heteroatoms. The van der Waals surface area contributed by atoms with Crippen LogP contribution in [0.4, 0.5) is 13.2 Å². The van der Waals surface area contributed by atoms with Crippen LogP contribution < -0.4 is 0 Å². The van der Waals surface area contributed by atoms with E-state index in [1.807, 2.05) is 0 Å². The maximum atomic E-state index is 12.6. The van der Waals surface area contributed by atoms with Crippen LogP contribution in [-0.2, 0) is 20.8 Å². The minimum atomic E-state index is -4.63. The first-order valence-electron chi connectivity index (χ1n) is 6.00. The van der Waals surface area contributed by atoms with Crippen LogP contribution >= 0.6 is 0 Å². The van der Waals surface area contributed by atoms with Crippen LogP contribution in [0.1, 0.15) is 25.8 Å². The van der Waals surface area contributed by atoms with E-state index in [1.165, 1.54) is 13.8 Å². The molecule has 0 unspecified atom stereocenters. The molecule has 0 bridgehead atoms. The number of aliphatic carboxylic acids is 1. The van der Waals surface area contributed by atoms with Crippen LogP contribution in [0.15, 0.2) is 29.2 Å². The largest absolute Gasteiger partial charge is 0.481 e. The lowest BCUT2D eigenvalue weighted by Crippen LogP contribution is -2.26. The third kappa shape index (κ3) is 4.45. The Bertz CT molecular complexity index is 633. The monoisotopic (exact) mass is 324 g/mol. The third-order valence-corrected chi connectivity index (χ3v) is 4.81. The van der Waals surface area contributed by atoms with Gasteiger partial charge in [-0.2, -0.15) is 13.2 Å². The molecule has 1 aromatic rings. The topological polar surface area (TPSA) is 71.4 Å². The van der Waals surface area contributed by atoms with Crippen molar-refractivity contribution in [1.82, 2.24) is 0 Å². The Morgan fingerprint density at radius 3 is 2.29 bits per heavy atom. The summed E-state index contributed by atoms with van der Waals surface area (Å²) in [5.74, 6) is -1.70. The van der Waals surface area contributed by atoms with Gasteiger partial charge in [-0.25, -0.2) is 8.42 Å². The van der Waals surface area contributed by atoms with Crippen molar-refractivity contribution in [3.8, 4) is 0 Å². The van der Waals surface area contributed by atoms with Crippen molar-refractivity contribution in [2.45, 2.75) is 31.3 Å². The summed E-state index contributed by atoms with van der Waals surface area (Å²) >= 11 is 0. The SMILES string of the molecule is CC(C)(CCS(=O)(=O)c1cccc(C(F)(F)F)c1)C(=O)O. The molecule has 21 heavy (non-hydrogen) atoms. The molecular formula is C13H15F3O4S. The van der Waals surface area contributed by atoms with E-state index < -0.39 is 43.6 Å². The van der Waals surface area contributed by atoms with E-state index in [9.17, 15) is 26.4 Å². The number of sulfone groups is 1. The average Bonchev–Trinajstić information content (AvgIpc) is 2.36. The molecule has 0 aliphatic carbocycles. The molecule has 0 amide bonds. The number of halogens is 3. The van der Waals surface area contributed by atoms with Gasteiger partial charge in [0.2, 0.25) is 0 Å². The molecule has 0 aliphatic heterocycles. The zero-order chi connectivity index (χ0) is 16.5. The Morgan fingerprint density at radius 2 is 1.81 bits per heavy atom. The molecule has 1 rings (SSSR count). The van der Waals surface area contributed by atoms with Crippen LogP contribution in [-0.4, -0.2) is 25.2 Å². The number of hydrogen-bond acceptors (Lipinski definition) is 3. The highest BCUT2D eigenvalue weighted by Crippen LogP contribution is 2.31. The molecule has 0 saturated heterocycles. The van der Waals surface area contributed by atoms with Crippen molar-refractivity contribution in [1.29, 1.82) is 0 Å². The van der Waals surface area contributed by atoms with E-state index in [2.05, 4.69) is 0 Å². The number of carboxylic acids is 1. The molecule has 0 fully saturated rings. The van der Waals surface area contributed by atoms with E-state index in [4.69, 9.17) is 5.11 Å². The Hall–Kier alpha value is -1.57. The summed E-state index contributed by atoms with van der Waals surface area (Å²) in [6.45, 7) is 2.72. The smallest absolute Gasteiger partial charge is 0.416 e. The second-order valence-electron chi connectivity index (χ2n) is 5.28. The molecule has 0 radical (unpaired) electrons. The lowest BCUT2D eigenvalue weighted by molar-refractivity contribution is -0.147. The van der Waals surface area contributed by atoms with Gasteiger partial charge in [0.15, 0.2) is 9.84 Å². The lowest BCUT2D eigenvalue weighted by Gasteiger charge is -2.18. The van der Waals surface area contributed by atoms with Crippen molar-refractivity contribution >= 4 is 15.8 Å². The van der Waals surface area contributed by atoms with Crippen molar-refractivity contribution in [2.75, 3.05) is 5.75 Å². The second-order valence-corrected chi connectivity index (χ2v) is 7.39. The van der Waals surface area contributed by atoms with Crippen molar-refractivity contribution in [3.05, 3.63) is 29.8 Å². The summed E-state index contributed by atoms with van der Waals surface area (Å²) in [6.07, 6.45) is -4.83. The van der Waals surface area contributed by atoms with Crippen molar-refractivity contribution < 1.29 is 31.5 Å². The Morgan fingerprint density at radius 1 is 1.24 bits per heavy atom. The fraction of sp³-hybridized carbons (Fsp3) is 0.462. The van der Waals surface area contributed by atoms with Crippen LogP contribution in [0.5, 0.6) is 0 Å². The first kappa shape index (κ1) is 17.5. The molecule has 0 heterocycles. The van der Waals surface area contributed by atoms with Gasteiger partial charge in [0.25, 0.3) is 0 Å². The number of rotatable bonds is 5. The summed E-state index contributed by atoms with van der Waals surface area (Å²) in [5.41, 5.74) is -2.32. The molecule has 0 saturated carbocycles. The fourth-order valence-electron chi connectivity index (χ4n) is 1.48. The zero-order valence-electron chi connectivity index (χ0n) is 11.4. The predicted octanol–water partition coefficient (Wildman–Crippen LogP) is 2.98. The second kappa shape index (κ2) is 5.67. The Balaban J connectivity index is 3.02. The standard InChI is InChI=1S/C13H15F3O4S/c1-12(2,11(17)18)6-7-21(19,20)10-5-3-4-9(8-10)13(14,15)16/h3-5,8H,6-7H2,1-2H3,(H,17,18). The molecule has 118 valence electrons. The highest BCUT2D eigenvalue weighted by molar-refractivity contribution is 7.91. The van der Waals surface area contributed by atoms with Gasteiger partial charge >= 0.3 is 12.1 Å². The van der Waals surface area contributed by atoms with Crippen LogP contribution in [0.25, 0.3) is 0 Å². The molecule has 0 aromatic heterocycles. The molecule has 0 aliphatic rings. The van der Waals surface area contributed by atoms with Gasteiger partial charge < -0.3 is 5.11 Å². The number of hydrogen-bond donors (Lipinski definition) is 1. The van der Waals surface area contributed by atoms with E-state index in [-0.39, 0.29) is 6.42 Å². The minimum absolute atomic E-state index is 0.194. The van der Waals surface area contributed by atoms with E-state index >= 15 is 0 Å². The normalized spacial score (nSPS) is 13.2. The van der Waals surface area contributed by atoms with Gasteiger partial charge in [-0.15, -0.1) is 0 Å². The first-order chi connectivity index (χ1) is 9.36. The van der Waals surface area contributed by atoms with Crippen LogP contribution in [0, 0.1) is 5.41 Å². The predicted molar refractivity (Wildman–Crippen MR) is 69.5 cm³/mol. The molecule has 1 N–H and O–H groups in total. The molecule has 4 nitrogen and oxygen atoms in total. The van der Waals surface area contributed by atoms with Crippen molar-refractivity contribution in [3.63, 3.8) is 0 Å². The minimum Gasteiger partial charge on any atom is -0.481 e. The van der Waals surface area contributed by atoms with Gasteiger partial charge in [0.05, 0.1) is 21.6 Å². The average molecular weight is 324 g/mol.